The first-order valence-corrected chi connectivity index (χ1v) is 6.39. The van der Waals surface area contributed by atoms with Gasteiger partial charge >= 0.3 is 0 Å². The number of aromatic amines is 1. The number of hydrogen-bond acceptors (Lipinski definition) is 2. The summed E-state index contributed by atoms with van der Waals surface area (Å²) in [6.45, 7) is 2.12. The van der Waals surface area contributed by atoms with E-state index in [4.69, 9.17) is 0 Å². The molecule has 90 valence electrons. The third kappa shape index (κ3) is 1.77. The van der Waals surface area contributed by atoms with Crippen LogP contribution in [0.4, 0.5) is 0 Å². The minimum Gasteiger partial charge on any atom is -0.276 e. The third-order valence-electron chi connectivity index (χ3n) is 3.56. The first-order chi connectivity index (χ1) is 8.28. The topological polar surface area (TPSA) is 50.2 Å². The van der Waals surface area contributed by atoms with Crippen molar-refractivity contribution in [3.63, 3.8) is 0 Å². The van der Waals surface area contributed by atoms with Gasteiger partial charge in [-0.25, -0.2) is 9.50 Å². The number of nitrogens with zero attached hydrogens (tertiary/aromatic N) is 2. The van der Waals surface area contributed by atoms with Gasteiger partial charge in [0.05, 0.1) is 0 Å². The summed E-state index contributed by atoms with van der Waals surface area (Å²) in [6, 6.07) is 3.72. The molecule has 1 fully saturated rings. The van der Waals surface area contributed by atoms with Crippen LogP contribution in [0.2, 0.25) is 0 Å². The SMILES string of the molecule is CCCc1cc(=O)n2[nH]c(C3CCC3)nc2c1. The van der Waals surface area contributed by atoms with Gasteiger partial charge in [-0.1, -0.05) is 19.8 Å². The average molecular weight is 231 g/mol. The molecule has 1 aliphatic rings. The highest BCUT2D eigenvalue weighted by atomic mass is 16.1. The summed E-state index contributed by atoms with van der Waals surface area (Å²) in [7, 11) is 0. The molecule has 4 nitrogen and oxygen atoms in total. The smallest absolute Gasteiger partial charge is 0.271 e. The Morgan fingerprint density at radius 3 is 2.94 bits per heavy atom. The van der Waals surface area contributed by atoms with Crippen LogP contribution in [-0.4, -0.2) is 14.6 Å². The van der Waals surface area contributed by atoms with Crippen molar-refractivity contribution in [1.29, 1.82) is 0 Å². The lowest BCUT2D eigenvalue weighted by molar-refractivity contribution is 0.401. The zero-order chi connectivity index (χ0) is 11.8. The fourth-order valence-electron chi connectivity index (χ4n) is 2.36. The van der Waals surface area contributed by atoms with Crippen molar-refractivity contribution in [2.24, 2.45) is 0 Å². The Labute approximate surface area is 99.7 Å². The van der Waals surface area contributed by atoms with Crippen molar-refractivity contribution in [2.45, 2.75) is 44.9 Å². The zero-order valence-corrected chi connectivity index (χ0v) is 10.1. The maximum atomic E-state index is 11.9. The molecule has 0 radical (unpaired) electrons. The highest BCUT2D eigenvalue weighted by Gasteiger charge is 2.23. The first kappa shape index (κ1) is 10.6. The van der Waals surface area contributed by atoms with Crippen molar-refractivity contribution >= 4 is 5.65 Å². The largest absolute Gasteiger partial charge is 0.276 e. The molecule has 0 bridgehead atoms. The Morgan fingerprint density at radius 2 is 2.29 bits per heavy atom. The molecule has 3 rings (SSSR count). The minimum absolute atomic E-state index is 0.00373. The van der Waals surface area contributed by atoms with E-state index < -0.39 is 0 Å². The van der Waals surface area contributed by atoms with Gasteiger partial charge < -0.3 is 0 Å². The number of nitrogens with one attached hydrogen (secondary N) is 1. The van der Waals surface area contributed by atoms with E-state index in [9.17, 15) is 4.79 Å². The predicted octanol–water partition coefficient (Wildman–Crippen LogP) is 2.24. The normalized spacial score (nSPS) is 16.3. The maximum absolute atomic E-state index is 11.9. The van der Waals surface area contributed by atoms with Gasteiger partial charge in [0.2, 0.25) is 0 Å². The van der Waals surface area contributed by atoms with Crippen LogP contribution in [0.3, 0.4) is 0 Å². The summed E-state index contributed by atoms with van der Waals surface area (Å²) in [6.07, 6.45) is 5.65. The molecule has 2 aromatic rings. The van der Waals surface area contributed by atoms with Gasteiger partial charge in [-0.2, -0.15) is 0 Å². The molecule has 1 saturated carbocycles. The fraction of sp³-hybridized carbons (Fsp3) is 0.538. The second-order valence-corrected chi connectivity index (χ2v) is 4.88. The van der Waals surface area contributed by atoms with E-state index in [1.54, 1.807) is 10.6 Å². The molecule has 1 aliphatic carbocycles. The van der Waals surface area contributed by atoms with E-state index in [1.165, 1.54) is 19.3 Å². The number of aryl methyl sites for hydroxylation is 1. The Kier molecular flexibility index (Phi) is 2.50. The number of pyridine rings is 1. The molecule has 17 heavy (non-hydrogen) atoms. The first-order valence-electron chi connectivity index (χ1n) is 6.39. The van der Waals surface area contributed by atoms with Gasteiger partial charge in [-0.15, -0.1) is 0 Å². The highest BCUT2D eigenvalue weighted by molar-refractivity contribution is 5.41. The molecule has 2 aromatic heterocycles. The van der Waals surface area contributed by atoms with Gasteiger partial charge in [-0.3, -0.25) is 9.89 Å². The molecule has 0 aliphatic heterocycles. The standard InChI is InChI=1S/C13H17N3O/c1-2-4-9-7-11-14-13(10-5-3-6-10)15-16(11)12(17)8-9/h7-8,10H,2-6H2,1H3,(H,14,15). The van der Waals surface area contributed by atoms with E-state index in [1.807, 2.05) is 6.07 Å². The van der Waals surface area contributed by atoms with Crippen LogP contribution in [0.15, 0.2) is 16.9 Å². The lowest BCUT2D eigenvalue weighted by Crippen LogP contribution is -2.15. The van der Waals surface area contributed by atoms with Crippen LogP contribution in [0.25, 0.3) is 5.65 Å². The summed E-state index contributed by atoms with van der Waals surface area (Å²) >= 11 is 0. The summed E-state index contributed by atoms with van der Waals surface area (Å²) in [5, 5.41) is 3.13. The molecule has 0 amide bonds. The molecular weight excluding hydrogens is 214 g/mol. The van der Waals surface area contributed by atoms with Crippen molar-refractivity contribution in [3.05, 3.63) is 33.9 Å². The van der Waals surface area contributed by atoms with Crippen LogP contribution in [-0.2, 0) is 6.42 Å². The van der Waals surface area contributed by atoms with Crippen molar-refractivity contribution in [1.82, 2.24) is 14.6 Å². The molecule has 2 heterocycles. The Bertz CT molecular complexity index is 592. The van der Waals surface area contributed by atoms with Crippen LogP contribution in [0.5, 0.6) is 0 Å². The van der Waals surface area contributed by atoms with E-state index in [2.05, 4.69) is 17.0 Å². The number of H-pyrrole nitrogens is 1. The van der Waals surface area contributed by atoms with Gasteiger partial charge in [0.15, 0.2) is 5.65 Å². The third-order valence-corrected chi connectivity index (χ3v) is 3.56. The van der Waals surface area contributed by atoms with Crippen molar-refractivity contribution < 1.29 is 0 Å². The van der Waals surface area contributed by atoms with Gasteiger partial charge in [-0.05, 0) is 30.9 Å². The molecule has 4 heteroatoms. The van der Waals surface area contributed by atoms with Crippen LogP contribution in [0, 0.1) is 0 Å². The van der Waals surface area contributed by atoms with E-state index in [0.29, 0.717) is 5.92 Å². The summed E-state index contributed by atoms with van der Waals surface area (Å²) < 4.78 is 1.56. The molecule has 0 atom stereocenters. The summed E-state index contributed by atoms with van der Waals surface area (Å²) in [5.74, 6) is 1.51. The summed E-state index contributed by atoms with van der Waals surface area (Å²) in [5.41, 5.74) is 1.86. The van der Waals surface area contributed by atoms with Crippen LogP contribution < -0.4 is 5.56 Å². The molecular formula is C13H17N3O. The Morgan fingerprint density at radius 1 is 1.47 bits per heavy atom. The molecule has 0 aromatic carbocycles. The van der Waals surface area contributed by atoms with E-state index in [-0.39, 0.29) is 5.56 Å². The van der Waals surface area contributed by atoms with Gasteiger partial charge in [0.1, 0.15) is 5.82 Å². The van der Waals surface area contributed by atoms with E-state index in [0.717, 1.165) is 29.9 Å². The Hall–Kier alpha value is -1.58. The quantitative estimate of drug-likeness (QED) is 0.880. The lowest BCUT2D eigenvalue weighted by Gasteiger charge is -2.22. The van der Waals surface area contributed by atoms with Crippen molar-refractivity contribution in [3.8, 4) is 0 Å². The second kappa shape index (κ2) is 4.02. The molecule has 0 saturated heterocycles. The average Bonchev–Trinajstić information content (AvgIpc) is 2.59. The monoisotopic (exact) mass is 231 g/mol. The molecule has 1 N–H and O–H groups in total. The van der Waals surface area contributed by atoms with Gasteiger partial charge in [0, 0.05) is 12.0 Å². The zero-order valence-electron chi connectivity index (χ0n) is 10.1. The molecule has 0 spiro atoms. The highest BCUT2D eigenvalue weighted by Crippen LogP contribution is 2.34. The number of hydrogen-bond donors (Lipinski definition) is 1. The molecule has 0 unspecified atom stereocenters. The van der Waals surface area contributed by atoms with Crippen molar-refractivity contribution in [2.75, 3.05) is 0 Å². The lowest BCUT2D eigenvalue weighted by atomic mass is 9.85. The van der Waals surface area contributed by atoms with Gasteiger partial charge in [0.25, 0.3) is 5.56 Å². The maximum Gasteiger partial charge on any atom is 0.271 e. The number of rotatable bonds is 3. The van der Waals surface area contributed by atoms with Crippen LogP contribution >= 0.6 is 0 Å². The van der Waals surface area contributed by atoms with Crippen LogP contribution in [0.1, 0.15) is 49.9 Å². The number of fused-ring (bicyclic) bond motifs is 1. The Balaban J connectivity index is 2.07. The second-order valence-electron chi connectivity index (χ2n) is 4.88. The number of aromatic nitrogens is 3. The minimum atomic E-state index is 0.00373. The summed E-state index contributed by atoms with van der Waals surface area (Å²) in [4.78, 5) is 16.5. The van der Waals surface area contributed by atoms with E-state index >= 15 is 0 Å². The predicted molar refractivity (Wildman–Crippen MR) is 66.4 cm³/mol. The fourth-order valence-corrected chi connectivity index (χ4v) is 2.36.